The molecule has 0 aromatic carbocycles. The second-order valence-electron chi connectivity index (χ2n) is 6.34. The van der Waals surface area contributed by atoms with Gasteiger partial charge in [0.05, 0.1) is 36.7 Å². The van der Waals surface area contributed by atoms with E-state index in [1.54, 1.807) is 23.9 Å². The Morgan fingerprint density at radius 3 is 2.26 bits per heavy atom. The summed E-state index contributed by atoms with van der Waals surface area (Å²) in [6.45, 7) is 3.07. The van der Waals surface area contributed by atoms with Gasteiger partial charge < -0.3 is 19.4 Å². The topological polar surface area (TPSA) is 87.2 Å². The number of amides is 2. The summed E-state index contributed by atoms with van der Waals surface area (Å²) in [6, 6.07) is -0.986. The van der Waals surface area contributed by atoms with E-state index >= 15 is 0 Å². The fourth-order valence-electron chi connectivity index (χ4n) is 3.12. The number of hydrogen-bond donors (Lipinski definition) is 0. The van der Waals surface area contributed by atoms with Crippen molar-refractivity contribution in [3.63, 3.8) is 0 Å². The van der Waals surface area contributed by atoms with Gasteiger partial charge in [-0.05, 0) is 20.5 Å². The van der Waals surface area contributed by atoms with E-state index in [2.05, 4.69) is 0 Å². The molecule has 23 heavy (non-hydrogen) atoms. The Balaban J connectivity index is 2.16. The maximum Gasteiger partial charge on any atom is 0.410 e. The first-order valence-corrected chi connectivity index (χ1v) is 9.65. The summed E-state index contributed by atoms with van der Waals surface area (Å²) in [7, 11) is 0.314. The van der Waals surface area contributed by atoms with Crippen LogP contribution in [-0.4, -0.2) is 99.0 Å². The molecular formula is C14H25N3O5S. The number of likely N-dealkylation sites (N-methyl/N-ethyl adjacent to an activating group) is 1. The summed E-state index contributed by atoms with van der Waals surface area (Å²) in [4.78, 5) is 29.4. The van der Waals surface area contributed by atoms with Crippen molar-refractivity contribution in [2.24, 2.45) is 0 Å². The lowest BCUT2D eigenvalue weighted by atomic mass is 10.1. The molecule has 2 amide bonds. The van der Waals surface area contributed by atoms with Crippen LogP contribution in [0.3, 0.4) is 0 Å². The number of carbonyl (C=O) groups is 2. The van der Waals surface area contributed by atoms with E-state index in [9.17, 15) is 18.0 Å². The van der Waals surface area contributed by atoms with Crippen LogP contribution in [0.25, 0.3) is 0 Å². The number of nitrogens with zero attached hydrogens (tertiary/aromatic N) is 3. The van der Waals surface area contributed by atoms with E-state index in [1.807, 2.05) is 6.92 Å². The Kier molecular flexibility index (Phi) is 5.51. The van der Waals surface area contributed by atoms with Gasteiger partial charge in [0.2, 0.25) is 5.91 Å². The van der Waals surface area contributed by atoms with Crippen LogP contribution < -0.4 is 0 Å². The minimum atomic E-state index is -3.27. The van der Waals surface area contributed by atoms with Crippen molar-refractivity contribution < 1.29 is 22.7 Å². The van der Waals surface area contributed by atoms with Gasteiger partial charge in [-0.1, -0.05) is 6.92 Å². The van der Waals surface area contributed by atoms with E-state index in [0.29, 0.717) is 26.1 Å². The molecule has 8 nitrogen and oxygen atoms in total. The number of ether oxygens (including phenoxy) is 1. The predicted octanol–water partition coefficient (Wildman–Crippen LogP) is -0.596. The third-order valence-corrected chi connectivity index (χ3v) is 5.81. The van der Waals surface area contributed by atoms with E-state index < -0.39 is 28.0 Å². The first kappa shape index (κ1) is 18.0. The zero-order chi connectivity index (χ0) is 17.2. The van der Waals surface area contributed by atoms with E-state index in [-0.39, 0.29) is 24.0 Å². The minimum Gasteiger partial charge on any atom is -0.449 e. The second-order valence-corrected chi connectivity index (χ2v) is 8.50. The van der Waals surface area contributed by atoms with Crippen molar-refractivity contribution in [1.82, 2.24) is 14.7 Å². The molecule has 2 rings (SSSR count). The standard InChI is InChI=1S/C14H25N3O5S/c1-4-7-22-14(19)17-6-5-16(13(18)8-15(2)3)11-9-23(20,21)10-12(11)17/h11-12H,4-10H2,1-3H3/t11-,12+/m1/s1. The number of rotatable bonds is 4. The minimum absolute atomic E-state index is 0.0889. The van der Waals surface area contributed by atoms with Crippen LogP contribution in [0.5, 0.6) is 0 Å². The zero-order valence-electron chi connectivity index (χ0n) is 13.9. The van der Waals surface area contributed by atoms with Gasteiger partial charge in [0.1, 0.15) is 0 Å². The Labute approximate surface area is 137 Å². The number of piperazine rings is 1. The average molecular weight is 347 g/mol. The fourth-order valence-corrected chi connectivity index (χ4v) is 5.10. The largest absolute Gasteiger partial charge is 0.449 e. The third-order valence-electron chi connectivity index (χ3n) is 4.11. The molecule has 0 N–H and O–H groups in total. The van der Waals surface area contributed by atoms with Crippen LogP contribution in [0, 0.1) is 0 Å². The molecule has 2 atom stereocenters. The molecule has 2 saturated heterocycles. The second kappa shape index (κ2) is 7.04. The zero-order valence-corrected chi connectivity index (χ0v) is 14.7. The number of sulfone groups is 1. The van der Waals surface area contributed by atoms with Crippen molar-refractivity contribution in [2.75, 3.05) is 51.8 Å². The van der Waals surface area contributed by atoms with E-state index in [0.717, 1.165) is 0 Å². The molecule has 0 aliphatic carbocycles. The van der Waals surface area contributed by atoms with Crippen molar-refractivity contribution in [3.05, 3.63) is 0 Å². The molecule has 2 heterocycles. The van der Waals surface area contributed by atoms with Crippen LogP contribution in [0.1, 0.15) is 13.3 Å². The number of hydrogen-bond acceptors (Lipinski definition) is 6. The molecule has 0 spiro atoms. The smallest absolute Gasteiger partial charge is 0.410 e. The van der Waals surface area contributed by atoms with E-state index in [4.69, 9.17) is 4.74 Å². The van der Waals surface area contributed by atoms with Crippen LogP contribution >= 0.6 is 0 Å². The Morgan fingerprint density at radius 1 is 1.13 bits per heavy atom. The third kappa shape index (κ3) is 4.14. The van der Waals surface area contributed by atoms with Crippen LogP contribution in [0.4, 0.5) is 4.79 Å². The molecule has 0 saturated carbocycles. The number of fused-ring (bicyclic) bond motifs is 1. The van der Waals surface area contributed by atoms with Gasteiger partial charge in [-0.3, -0.25) is 4.79 Å². The van der Waals surface area contributed by atoms with Gasteiger partial charge in [0.15, 0.2) is 9.84 Å². The summed E-state index contributed by atoms with van der Waals surface area (Å²) in [5.74, 6) is -0.303. The lowest BCUT2D eigenvalue weighted by Crippen LogP contribution is -2.62. The molecule has 2 aliphatic rings. The highest BCUT2D eigenvalue weighted by molar-refractivity contribution is 7.91. The summed E-state index contributed by atoms with van der Waals surface area (Å²) in [5, 5.41) is 0. The van der Waals surface area contributed by atoms with Crippen molar-refractivity contribution >= 4 is 21.8 Å². The van der Waals surface area contributed by atoms with Gasteiger partial charge in [-0.15, -0.1) is 0 Å². The SMILES string of the molecule is CCCOC(=O)N1CCN(C(=O)CN(C)C)[C@@H]2CS(=O)(=O)C[C@@H]21. The fraction of sp³-hybridized carbons (Fsp3) is 0.857. The number of carbonyl (C=O) groups excluding carboxylic acids is 2. The maximum atomic E-state index is 12.4. The molecule has 0 aromatic heterocycles. The first-order valence-electron chi connectivity index (χ1n) is 7.83. The van der Waals surface area contributed by atoms with E-state index in [1.165, 1.54) is 4.90 Å². The highest BCUT2D eigenvalue weighted by Gasteiger charge is 2.49. The Bertz CT molecular complexity index is 563. The van der Waals surface area contributed by atoms with Gasteiger partial charge in [-0.25, -0.2) is 13.2 Å². The lowest BCUT2D eigenvalue weighted by Gasteiger charge is -2.43. The van der Waals surface area contributed by atoms with Crippen molar-refractivity contribution in [1.29, 1.82) is 0 Å². The van der Waals surface area contributed by atoms with Gasteiger partial charge >= 0.3 is 6.09 Å². The summed E-state index contributed by atoms with van der Waals surface area (Å²) in [6.07, 6.45) is 0.220. The highest BCUT2D eigenvalue weighted by Crippen LogP contribution is 2.27. The predicted molar refractivity (Wildman–Crippen MR) is 84.8 cm³/mol. The van der Waals surface area contributed by atoms with Crippen LogP contribution in [-0.2, 0) is 19.4 Å². The van der Waals surface area contributed by atoms with Gasteiger partial charge in [-0.2, -0.15) is 0 Å². The lowest BCUT2D eigenvalue weighted by molar-refractivity contribution is -0.137. The summed E-state index contributed by atoms with van der Waals surface area (Å²) in [5.41, 5.74) is 0. The molecule has 0 bridgehead atoms. The molecule has 0 unspecified atom stereocenters. The first-order chi connectivity index (χ1) is 10.7. The highest BCUT2D eigenvalue weighted by atomic mass is 32.2. The molecule has 132 valence electrons. The molecule has 0 radical (unpaired) electrons. The Hall–Kier alpha value is -1.35. The molecule has 9 heteroatoms. The van der Waals surface area contributed by atoms with Crippen LogP contribution in [0.2, 0.25) is 0 Å². The monoisotopic (exact) mass is 347 g/mol. The molecular weight excluding hydrogens is 322 g/mol. The van der Waals surface area contributed by atoms with Gasteiger partial charge in [0, 0.05) is 13.1 Å². The van der Waals surface area contributed by atoms with Gasteiger partial charge in [0.25, 0.3) is 0 Å². The average Bonchev–Trinajstić information content (AvgIpc) is 2.77. The molecule has 2 aliphatic heterocycles. The molecule has 2 fully saturated rings. The summed E-state index contributed by atoms with van der Waals surface area (Å²) >= 11 is 0. The van der Waals surface area contributed by atoms with Crippen molar-refractivity contribution in [3.8, 4) is 0 Å². The normalized spacial score (nSPS) is 26.3. The van der Waals surface area contributed by atoms with Crippen LogP contribution in [0.15, 0.2) is 0 Å². The Morgan fingerprint density at radius 2 is 1.70 bits per heavy atom. The quantitative estimate of drug-likeness (QED) is 0.675. The summed E-state index contributed by atoms with van der Waals surface area (Å²) < 4.78 is 29.2. The van der Waals surface area contributed by atoms with Crippen molar-refractivity contribution in [2.45, 2.75) is 25.4 Å². The maximum absolute atomic E-state index is 12.4. The molecule has 0 aromatic rings.